The van der Waals surface area contributed by atoms with E-state index in [1.165, 1.54) is 83.5 Å². The van der Waals surface area contributed by atoms with Crippen LogP contribution in [-0.4, -0.2) is 5.11 Å². The minimum Gasteiger partial charge on any atom is -0.387 e. The highest BCUT2D eigenvalue weighted by Crippen LogP contribution is 2.28. The molecule has 0 bridgehead atoms. The van der Waals surface area contributed by atoms with E-state index in [4.69, 9.17) is 0 Å². The first-order valence-electron chi connectivity index (χ1n) is 9.80. The van der Waals surface area contributed by atoms with Gasteiger partial charge in [-0.1, -0.05) is 97.8 Å². The number of hydrogen-bond donors (Lipinski definition) is 1. The second-order valence-corrected chi connectivity index (χ2v) is 6.70. The topological polar surface area (TPSA) is 20.2 Å². The lowest BCUT2D eigenvalue weighted by atomic mass is 9.88. The van der Waals surface area contributed by atoms with Gasteiger partial charge in [0.05, 0.1) is 6.10 Å². The van der Waals surface area contributed by atoms with Gasteiger partial charge < -0.3 is 5.11 Å². The van der Waals surface area contributed by atoms with Crippen LogP contribution in [-0.2, 0) is 0 Å². The summed E-state index contributed by atoms with van der Waals surface area (Å²) in [5, 5.41) is 10.3. The van der Waals surface area contributed by atoms with Gasteiger partial charge in [0.15, 0.2) is 0 Å². The van der Waals surface area contributed by atoms with Gasteiger partial charge in [0.2, 0.25) is 0 Å². The maximum absolute atomic E-state index is 10.3. The van der Waals surface area contributed by atoms with E-state index in [0.29, 0.717) is 5.92 Å². The van der Waals surface area contributed by atoms with Crippen LogP contribution in [0.4, 0.5) is 0 Å². The molecule has 0 amide bonds. The van der Waals surface area contributed by atoms with Crippen LogP contribution in [0, 0.1) is 12.0 Å². The lowest BCUT2D eigenvalue weighted by molar-refractivity contribution is 0.190. The van der Waals surface area contributed by atoms with Crippen LogP contribution in [0.3, 0.4) is 0 Å². The molecule has 0 aromatic rings. The molecule has 127 valence electrons. The van der Waals surface area contributed by atoms with Crippen molar-refractivity contribution in [3.63, 3.8) is 0 Å². The molecule has 0 aliphatic rings. The Morgan fingerprint density at radius 1 is 0.619 bits per heavy atom. The molecule has 1 N–H and O–H groups in total. The van der Waals surface area contributed by atoms with Crippen molar-refractivity contribution in [3.8, 4) is 0 Å². The van der Waals surface area contributed by atoms with Crippen molar-refractivity contribution < 1.29 is 5.11 Å². The molecule has 0 aromatic heterocycles. The molecule has 0 spiro atoms. The Kier molecular flexibility index (Phi) is 16.3. The van der Waals surface area contributed by atoms with Gasteiger partial charge in [0.1, 0.15) is 0 Å². The highest BCUT2D eigenvalue weighted by molar-refractivity contribution is 4.84. The third-order valence-corrected chi connectivity index (χ3v) is 4.57. The minimum absolute atomic E-state index is 0.483. The van der Waals surface area contributed by atoms with Crippen LogP contribution < -0.4 is 0 Å². The highest BCUT2D eigenvalue weighted by atomic mass is 16.3. The molecule has 1 unspecified atom stereocenters. The molecule has 0 saturated heterocycles. The van der Waals surface area contributed by atoms with E-state index in [9.17, 15) is 5.11 Å². The molecule has 0 heterocycles. The maximum Gasteiger partial charge on any atom is 0.0964 e. The van der Waals surface area contributed by atoms with Crippen LogP contribution in [0.25, 0.3) is 0 Å². The van der Waals surface area contributed by atoms with Crippen molar-refractivity contribution in [2.45, 2.75) is 117 Å². The Morgan fingerprint density at radius 2 is 1.10 bits per heavy atom. The monoisotopic (exact) mass is 297 g/mol. The number of rotatable bonds is 16. The Hall–Kier alpha value is -0.0400. The van der Waals surface area contributed by atoms with Crippen LogP contribution in [0.1, 0.15) is 117 Å². The molecular weight excluding hydrogens is 256 g/mol. The van der Waals surface area contributed by atoms with Gasteiger partial charge >= 0.3 is 0 Å². The summed E-state index contributed by atoms with van der Waals surface area (Å²) in [6.07, 6.45) is 20.0. The quantitative estimate of drug-likeness (QED) is 0.294. The van der Waals surface area contributed by atoms with Gasteiger partial charge in [-0.15, -0.1) is 0 Å². The molecule has 0 fully saturated rings. The summed E-state index contributed by atoms with van der Waals surface area (Å²) in [5.74, 6) is 0.483. The molecule has 0 aromatic carbocycles. The Labute approximate surface area is 134 Å². The summed E-state index contributed by atoms with van der Waals surface area (Å²) in [7, 11) is 0. The zero-order valence-electron chi connectivity index (χ0n) is 15.1. The van der Waals surface area contributed by atoms with Gasteiger partial charge in [-0.25, -0.2) is 0 Å². The van der Waals surface area contributed by atoms with Crippen LogP contribution in [0.15, 0.2) is 0 Å². The summed E-state index contributed by atoms with van der Waals surface area (Å²) in [5.41, 5.74) is 0. The largest absolute Gasteiger partial charge is 0.387 e. The zero-order valence-corrected chi connectivity index (χ0v) is 15.1. The van der Waals surface area contributed by atoms with E-state index in [-0.39, 0.29) is 0 Å². The lowest BCUT2D eigenvalue weighted by Gasteiger charge is -2.22. The Bertz CT molecular complexity index is 190. The summed E-state index contributed by atoms with van der Waals surface area (Å²) >= 11 is 0. The smallest absolute Gasteiger partial charge is 0.0964 e. The predicted octanol–water partition coefficient (Wildman–Crippen LogP) is 7.42. The van der Waals surface area contributed by atoms with Crippen molar-refractivity contribution >= 4 is 0 Å². The molecule has 1 nitrogen and oxygen atoms in total. The summed E-state index contributed by atoms with van der Waals surface area (Å²) in [6, 6.07) is 0. The molecule has 0 saturated carbocycles. The molecule has 1 radical (unpaired) electrons. The fourth-order valence-corrected chi connectivity index (χ4v) is 3.01. The fraction of sp³-hybridized carbons (Fsp3) is 0.950. The Balaban J connectivity index is 3.69. The van der Waals surface area contributed by atoms with Crippen LogP contribution in [0.5, 0.6) is 0 Å². The first-order valence-corrected chi connectivity index (χ1v) is 9.80. The second kappa shape index (κ2) is 16.3. The van der Waals surface area contributed by atoms with Gasteiger partial charge in [-0.05, 0) is 25.2 Å². The van der Waals surface area contributed by atoms with E-state index in [1.807, 2.05) is 0 Å². The Morgan fingerprint density at radius 3 is 1.67 bits per heavy atom. The summed E-state index contributed by atoms with van der Waals surface area (Å²) < 4.78 is 0. The van der Waals surface area contributed by atoms with Crippen LogP contribution >= 0.6 is 0 Å². The van der Waals surface area contributed by atoms with Crippen molar-refractivity contribution in [1.82, 2.24) is 0 Å². The normalized spacial score (nSPS) is 13.0. The molecule has 0 aliphatic heterocycles. The number of aliphatic hydroxyl groups excluding tert-OH is 1. The number of unbranched alkanes of at least 4 members (excludes halogenated alkanes) is 9. The van der Waals surface area contributed by atoms with E-state index in [0.717, 1.165) is 18.9 Å². The molecule has 21 heavy (non-hydrogen) atoms. The molecule has 0 aliphatic carbocycles. The highest BCUT2D eigenvalue weighted by Gasteiger charge is 2.18. The van der Waals surface area contributed by atoms with Crippen molar-refractivity contribution in [2.24, 2.45) is 5.92 Å². The summed E-state index contributed by atoms with van der Waals surface area (Å²) in [4.78, 5) is 0. The third kappa shape index (κ3) is 13.4. The molecular formula is C20H41O. The molecule has 1 atom stereocenters. The third-order valence-electron chi connectivity index (χ3n) is 4.57. The maximum atomic E-state index is 10.3. The molecule has 1 heteroatoms. The standard InChI is InChI=1S/C20H41O/c1-4-7-10-11-12-13-14-15-17-19(16-8-5-2)20(21)18-9-6-3/h19,21H,4-18H2,1-3H3. The number of hydrogen-bond acceptors (Lipinski definition) is 1. The summed E-state index contributed by atoms with van der Waals surface area (Å²) in [6.45, 7) is 6.72. The van der Waals surface area contributed by atoms with Gasteiger partial charge in [0, 0.05) is 0 Å². The SMILES string of the molecule is CCCCCCCCCCC(CCCC)[C](O)CCCC. The second-order valence-electron chi connectivity index (χ2n) is 6.70. The first kappa shape index (κ1) is 21.0. The van der Waals surface area contributed by atoms with Crippen LogP contribution in [0.2, 0.25) is 0 Å². The van der Waals surface area contributed by atoms with Crippen molar-refractivity contribution in [1.29, 1.82) is 0 Å². The lowest BCUT2D eigenvalue weighted by Crippen LogP contribution is -2.12. The van der Waals surface area contributed by atoms with Crippen molar-refractivity contribution in [3.05, 3.63) is 6.10 Å². The van der Waals surface area contributed by atoms with E-state index in [1.54, 1.807) is 0 Å². The fourth-order valence-electron chi connectivity index (χ4n) is 3.01. The average Bonchev–Trinajstić information content (AvgIpc) is 2.50. The predicted molar refractivity (Wildman–Crippen MR) is 94.9 cm³/mol. The van der Waals surface area contributed by atoms with Gasteiger partial charge in [-0.3, -0.25) is 0 Å². The van der Waals surface area contributed by atoms with Gasteiger partial charge in [-0.2, -0.15) is 0 Å². The first-order chi connectivity index (χ1) is 10.3. The van der Waals surface area contributed by atoms with Gasteiger partial charge in [0.25, 0.3) is 0 Å². The van der Waals surface area contributed by atoms with E-state index in [2.05, 4.69) is 20.8 Å². The number of aliphatic hydroxyl groups is 1. The minimum atomic E-state index is 0.483. The average molecular weight is 298 g/mol. The molecule has 0 rings (SSSR count). The van der Waals surface area contributed by atoms with E-state index < -0.39 is 0 Å². The van der Waals surface area contributed by atoms with E-state index >= 15 is 0 Å². The zero-order chi connectivity index (χ0) is 15.8. The van der Waals surface area contributed by atoms with Crippen molar-refractivity contribution in [2.75, 3.05) is 0 Å².